The number of aromatic nitrogens is 2. The molecule has 1 aromatic carbocycles. The van der Waals surface area contributed by atoms with Gasteiger partial charge in [0, 0.05) is 34.1 Å². The number of hydrogen-bond acceptors (Lipinski definition) is 5. The Morgan fingerprint density at radius 2 is 1.79 bits per heavy atom. The highest BCUT2D eigenvalue weighted by molar-refractivity contribution is 7.93. The first kappa shape index (κ1) is 21.3. The van der Waals surface area contributed by atoms with Gasteiger partial charge in [-0.2, -0.15) is 21.6 Å². The lowest BCUT2D eigenvalue weighted by Gasteiger charge is -2.10. The van der Waals surface area contributed by atoms with E-state index < -0.39 is 15.5 Å². The molecule has 0 bridgehead atoms. The molecule has 0 radical (unpaired) electrons. The third kappa shape index (κ3) is 5.13. The second kappa shape index (κ2) is 8.11. The fourth-order valence-corrected chi connectivity index (χ4v) is 3.99. The van der Waals surface area contributed by atoms with E-state index in [0.717, 1.165) is 22.7 Å². The van der Waals surface area contributed by atoms with E-state index in [9.17, 15) is 21.6 Å². The van der Waals surface area contributed by atoms with Gasteiger partial charge in [0.25, 0.3) is 0 Å². The van der Waals surface area contributed by atoms with E-state index in [1.54, 1.807) is 6.20 Å². The number of alkyl halides is 3. The van der Waals surface area contributed by atoms with E-state index in [4.69, 9.17) is 0 Å². The maximum Gasteiger partial charge on any atom is 0.516 e. The minimum Gasteiger partial charge on any atom is -0.276 e. The van der Waals surface area contributed by atoms with E-state index in [1.165, 1.54) is 40.3 Å². The lowest BCUT2D eigenvalue weighted by atomic mass is 10.1. The van der Waals surface area contributed by atoms with Gasteiger partial charge in [-0.3, -0.25) is 9.71 Å². The Morgan fingerprint density at radius 3 is 2.41 bits per heavy atom. The monoisotopic (exact) mass is 441 g/mol. The maximum atomic E-state index is 12.5. The Kier molecular flexibility index (Phi) is 5.95. The van der Waals surface area contributed by atoms with Gasteiger partial charge in [0.05, 0.1) is 5.69 Å². The highest BCUT2D eigenvalue weighted by atomic mass is 32.2. The first-order chi connectivity index (χ1) is 13.5. The van der Waals surface area contributed by atoms with Crippen LogP contribution in [0.1, 0.15) is 19.5 Å². The second-order valence-corrected chi connectivity index (χ2v) is 9.33. The number of sulfonamides is 1. The molecular formula is C19H18F3N3O2S2. The Labute approximate surface area is 170 Å². The Morgan fingerprint density at radius 1 is 1.10 bits per heavy atom. The highest BCUT2D eigenvalue weighted by Crippen LogP contribution is 2.31. The summed E-state index contributed by atoms with van der Waals surface area (Å²) in [5.41, 5.74) is -2.29. The molecule has 5 nitrogen and oxygen atoms in total. The van der Waals surface area contributed by atoms with Crippen LogP contribution in [0.5, 0.6) is 0 Å². The van der Waals surface area contributed by atoms with Crippen molar-refractivity contribution < 1.29 is 21.6 Å². The van der Waals surface area contributed by atoms with Crippen LogP contribution in [0.15, 0.2) is 48.0 Å². The van der Waals surface area contributed by atoms with Crippen LogP contribution in [0, 0.1) is 5.92 Å². The van der Waals surface area contributed by atoms with Crippen LogP contribution >= 0.6 is 11.3 Å². The average Bonchev–Trinajstić information content (AvgIpc) is 3.11. The van der Waals surface area contributed by atoms with E-state index in [2.05, 4.69) is 23.8 Å². The number of anilines is 1. The minimum atomic E-state index is -5.44. The number of nitrogens with zero attached hydrogens (tertiary/aromatic N) is 2. The molecular weight excluding hydrogens is 423 g/mol. The molecule has 29 heavy (non-hydrogen) atoms. The number of halogens is 3. The predicted octanol–water partition coefficient (Wildman–Crippen LogP) is 5.33. The van der Waals surface area contributed by atoms with Crippen molar-refractivity contribution in [2.24, 2.45) is 5.92 Å². The van der Waals surface area contributed by atoms with Crippen molar-refractivity contribution in [3.05, 3.63) is 53.7 Å². The number of rotatable bonds is 6. The average molecular weight is 442 g/mol. The quantitative estimate of drug-likeness (QED) is 0.561. The molecule has 1 N–H and O–H groups in total. The van der Waals surface area contributed by atoms with E-state index >= 15 is 0 Å². The molecule has 0 saturated carbocycles. The number of nitrogens with one attached hydrogen (secondary N) is 1. The minimum absolute atomic E-state index is 0.172. The number of thiazole rings is 1. The molecule has 3 aromatic rings. The molecule has 154 valence electrons. The van der Waals surface area contributed by atoms with Gasteiger partial charge < -0.3 is 0 Å². The SMILES string of the molecule is CC(C)Cc1cc(-c2nc(-c3ccc(NS(=O)(=O)C(F)(F)F)cc3)cs2)ccn1. The van der Waals surface area contributed by atoms with Gasteiger partial charge in [-0.25, -0.2) is 4.98 Å². The molecule has 10 heteroatoms. The number of hydrogen-bond donors (Lipinski definition) is 1. The Balaban J connectivity index is 1.79. The molecule has 0 unspecified atom stereocenters. The van der Waals surface area contributed by atoms with Gasteiger partial charge >= 0.3 is 15.5 Å². The largest absolute Gasteiger partial charge is 0.516 e. The fourth-order valence-electron chi connectivity index (χ4n) is 2.60. The van der Waals surface area contributed by atoms with Crippen molar-refractivity contribution in [3.8, 4) is 21.8 Å². The van der Waals surface area contributed by atoms with Crippen molar-refractivity contribution in [1.29, 1.82) is 0 Å². The Bertz CT molecular complexity index is 1090. The molecule has 0 aliphatic carbocycles. The Hall–Kier alpha value is -2.46. The van der Waals surface area contributed by atoms with Crippen molar-refractivity contribution in [3.63, 3.8) is 0 Å². The summed E-state index contributed by atoms with van der Waals surface area (Å²) in [7, 11) is -5.44. The molecule has 0 fully saturated rings. The summed E-state index contributed by atoms with van der Waals surface area (Å²) in [6.07, 6.45) is 2.61. The summed E-state index contributed by atoms with van der Waals surface area (Å²) >= 11 is 1.44. The van der Waals surface area contributed by atoms with Crippen LogP contribution in [-0.2, 0) is 16.4 Å². The van der Waals surface area contributed by atoms with Gasteiger partial charge in [-0.1, -0.05) is 26.0 Å². The van der Waals surface area contributed by atoms with Gasteiger partial charge in [-0.15, -0.1) is 11.3 Å². The number of pyridine rings is 1. The zero-order valence-electron chi connectivity index (χ0n) is 15.6. The summed E-state index contributed by atoms with van der Waals surface area (Å²) in [5.74, 6) is 0.484. The summed E-state index contributed by atoms with van der Waals surface area (Å²) in [5, 5.41) is 2.64. The zero-order chi connectivity index (χ0) is 21.2. The van der Waals surface area contributed by atoms with Gasteiger partial charge in [0.15, 0.2) is 0 Å². The smallest absolute Gasteiger partial charge is 0.276 e. The van der Waals surface area contributed by atoms with Crippen molar-refractivity contribution >= 4 is 27.0 Å². The summed E-state index contributed by atoms with van der Waals surface area (Å²) < 4.78 is 61.3. The van der Waals surface area contributed by atoms with E-state index in [0.29, 0.717) is 17.2 Å². The standard InChI is InChI=1S/C19H18F3N3O2S2/c1-12(2)9-16-10-14(7-8-23-16)18-24-17(11-28-18)13-3-5-15(6-4-13)25-29(26,27)19(20,21)22/h3-8,10-12,25H,9H2,1-2H3. The van der Waals surface area contributed by atoms with Gasteiger partial charge in [-0.05, 0) is 36.6 Å². The van der Waals surface area contributed by atoms with Crippen LogP contribution in [0.3, 0.4) is 0 Å². The maximum absolute atomic E-state index is 12.5. The van der Waals surface area contributed by atoms with E-state index in [1.807, 2.05) is 17.5 Å². The van der Waals surface area contributed by atoms with Crippen LogP contribution in [0.25, 0.3) is 21.8 Å². The van der Waals surface area contributed by atoms with Crippen LogP contribution in [-0.4, -0.2) is 23.9 Å². The summed E-state index contributed by atoms with van der Waals surface area (Å²) in [6.45, 7) is 4.24. The molecule has 3 rings (SSSR count). The molecule has 2 aromatic heterocycles. The van der Waals surface area contributed by atoms with Crippen molar-refractivity contribution in [2.75, 3.05) is 4.72 Å². The predicted molar refractivity (Wildman–Crippen MR) is 108 cm³/mol. The molecule has 0 aliphatic rings. The molecule has 0 saturated heterocycles. The van der Waals surface area contributed by atoms with Crippen molar-refractivity contribution in [1.82, 2.24) is 9.97 Å². The summed E-state index contributed by atoms with van der Waals surface area (Å²) in [4.78, 5) is 8.95. The molecule has 0 atom stereocenters. The van der Waals surface area contributed by atoms with Gasteiger partial charge in [0.2, 0.25) is 0 Å². The van der Waals surface area contributed by atoms with E-state index in [-0.39, 0.29) is 5.69 Å². The molecule has 2 heterocycles. The lowest BCUT2D eigenvalue weighted by molar-refractivity contribution is -0.0429. The summed E-state index contributed by atoms with van der Waals surface area (Å²) in [6, 6.07) is 9.45. The van der Waals surface area contributed by atoms with Crippen LogP contribution < -0.4 is 4.72 Å². The van der Waals surface area contributed by atoms with Crippen LogP contribution in [0.4, 0.5) is 18.9 Å². The first-order valence-electron chi connectivity index (χ1n) is 8.65. The van der Waals surface area contributed by atoms with Crippen LogP contribution in [0.2, 0.25) is 0 Å². The lowest BCUT2D eigenvalue weighted by Crippen LogP contribution is -2.29. The van der Waals surface area contributed by atoms with Crippen molar-refractivity contribution in [2.45, 2.75) is 25.8 Å². The normalized spacial score (nSPS) is 12.3. The highest BCUT2D eigenvalue weighted by Gasteiger charge is 2.46. The zero-order valence-corrected chi connectivity index (χ0v) is 17.2. The number of benzene rings is 1. The molecule has 0 spiro atoms. The second-order valence-electron chi connectivity index (χ2n) is 6.80. The van der Waals surface area contributed by atoms with Gasteiger partial charge in [0.1, 0.15) is 5.01 Å². The molecule has 0 amide bonds. The molecule has 0 aliphatic heterocycles. The fraction of sp³-hybridized carbons (Fsp3) is 0.263. The first-order valence-corrected chi connectivity index (χ1v) is 11.0. The topological polar surface area (TPSA) is 72.0 Å². The third-order valence-corrected chi connectivity index (χ3v) is 5.93. The third-order valence-electron chi connectivity index (χ3n) is 3.92.